The minimum atomic E-state index is -0.447. The van der Waals surface area contributed by atoms with Gasteiger partial charge in [0.15, 0.2) is 0 Å². The number of thioether (sulfide) groups is 1. The van der Waals surface area contributed by atoms with E-state index < -0.39 is 6.10 Å². The smallest absolute Gasteiger partial charge is 0.233 e. The number of amides is 1. The van der Waals surface area contributed by atoms with Gasteiger partial charge in [0, 0.05) is 6.54 Å². The van der Waals surface area contributed by atoms with Gasteiger partial charge in [0.25, 0.3) is 0 Å². The summed E-state index contributed by atoms with van der Waals surface area (Å²) in [6, 6.07) is 0. The van der Waals surface area contributed by atoms with Crippen molar-refractivity contribution in [1.29, 1.82) is 0 Å². The first kappa shape index (κ1) is 10.9. The molecule has 1 rings (SSSR count). The minimum absolute atomic E-state index is 0.0885. The normalized spacial score (nSPS) is 25.2. The van der Waals surface area contributed by atoms with Crippen molar-refractivity contribution in [2.45, 2.75) is 37.5 Å². The Bertz CT molecular complexity index is 167. The molecule has 0 spiro atoms. The highest BCUT2D eigenvalue weighted by molar-refractivity contribution is 8.00. The predicted molar refractivity (Wildman–Crippen MR) is 54.8 cm³/mol. The Morgan fingerprint density at radius 3 is 3.00 bits per heavy atom. The summed E-state index contributed by atoms with van der Waals surface area (Å²) in [5.41, 5.74) is 0. The van der Waals surface area contributed by atoms with Crippen LogP contribution in [0.3, 0.4) is 0 Å². The van der Waals surface area contributed by atoms with E-state index in [-0.39, 0.29) is 11.2 Å². The van der Waals surface area contributed by atoms with Gasteiger partial charge in [-0.1, -0.05) is 6.42 Å². The number of hydrogen-bond acceptors (Lipinski definition) is 3. The highest BCUT2D eigenvalue weighted by atomic mass is 32.2. The van der Waals surface area contributed by atoms with Crippen molar-refractivity contribution in [3.63, 3.8) is 0 Å². The number of nitrogens with one attached hydrogen (secondary N) is 1. The van der Waals surface area contributed by atoms with E-state index in [4.69, 9.17) is 5.11 Å². The molecule has 0 aromatic carbocycles. The molecule has 0 radical (unpaired) electrons. The van der Waals surface area contributed by atoms with Gasteiger partial charge in [0.05, 0.1) is 11.4 Å². The van der Waals surface area contributed by atoms with Crippen LogP contribution >= 0.6 is 11.8 Å². The maximum Gasteiger partial charge on any atom is 0.233 e. The molecule has 1 heterocycles. The van der Waals surface area contributed by atoms with Crippen molar-refractivity contribution in [2.24, 2.45) is 0 Å². The third kappa shape index (κ3) is 4.00. The van der Waals surface area contributed by atoms with Crippen molar-refractivity contribution in [1.82, 2.24) is 5.32 Å². The summed E-state index contributed by atoms with van der Waals surface area (Å²) in [5, 5.41) is 11.8. The first-order chi connectivity index (χ1) is 6.20. The first-order valence-corrected chi connectivity index (χ1v) is 5.82. The maximum atomic E-state index is 11.5. The third-order valence-electron chi connectivity index (χ3n) is 2.04. The summed E-state index contributed by atoms with van der Waals surface area (Å²) >= 11 is 1.73. The molecule has 1 unspecified atom stereocenters. The highest BCUT2D eigenvalue weighted by Crippen LogP contribution is 2.24. The lowest BCUT2D eigenvalue weighted by molar-refractivity contribution is -0.121. The quantitative estimate of drug-likeness (QED) is 0.712. The lowest BCUT2D eigenvalue weighted by Gasteiger charge is -2.20. The summed E-state index contributed by atoms with van der Waals surface area (Å²) in [6.07, 6.45) is 2.92. The fraction of sp³-hybridized carbons (Fsp3) is 0.889. The first-order valence-electron chi connectivity index (χ1n) is 4.77. The van der Waals surface area contributed by atoms with Gasteiger partial charge in [-0.2, -0.15) is 0 Å². The Labute approximate surface area is 83.3 Å². The second kappa shape index (κ2) is 5.50. The molecule has 0 aromatic rings. The number of aliphatic hydroxyl groups is 1. The van der Waals surface area contributed by atoms with Gasteiger partial charge in [-0.25, -0.2) is 0 Å². The van der Waals surface area contributed by atoms with Gasteiger partial charge in [-0.05, 0) is 25.5 Å². The molecule has 4 heteroatoms. The monoisotopic (exact) mass is 203 g/mol. The van der Waals surface area contributed by atoms with Gasteiger partial charge in [0.1, 0.15) is 0 Å². The molecule has 2 atom stereocenters. The van der Waals surface area contributed by atoms with Crippen LogP contribution in [0.1, 0.15) is 26.2 Å². The van der Waals surface area contributed by atoms with Gasteiger partial charge in [-0.15, -0.1) is 11.8 Å². The van der Waals surface area contributed by atoms with E-state index in [2.05, 4.69) is 5.32 Å². The average Bonchev–Trinajstić information content (AvgIpc) is 2.15. The highest BCUT2D eigenvalue weighted by Gasteiger charge is 2.21. The summed E-state index contributed by atoms with van der Waals surface area (Å²) in [7, 11) is 0. The van der Waals surface area contributed by atoms with Crippen molar-refractivity contribution in [3.05, 3.63) is 0 Å². The van der Waals surface area contributed by atoms with Crippen molar-refractivity contribution >= 4 is 17.7 Å². The van der Waals surface area contributed by atoms with Crippen molar-refractivity contribution in [3.8, 4) is 0 Å². The molecular formula is C9H17NO2S. The van der Waals surface area contributed by atoms with E-state index in [1.165, 1.54) is 6.42 Å². The van der Waals surface area contributed by atoms with Crippen LogP contribution in [0.4, 0.5) is 0 Å². The van der Waals surface area contributed by atoms with E-state index in [1.807, 2.05) is 0 Å². The number of rotatable bonds is 3. The molecule has 0 aromatic heterocycles. The Hall–Kier alpha value is -0.220. The molecule has 0 aliphatic carbocycles. The molecule has 13 heavy (non-hydrogen) atoms. The largest absolute Gasteiger partial charge is 0.392 e. The number of carbonyl (C=O) groups is 1. The molecule has 2 N–H and O–H groups in total. The molecule has 0 bridgehead atoms. The summed E-state index contributed by atoms with van der Waals surface area (Å²) < 4.78 is 0. The van der Waals surface area contributed by atoms with Crippen LogP contribution in [-0.2, 0) is 4.79 Å². The van der Waals surface area contributed by atoms with Crippen LogP contribution in [-0.4, -0.2) is 34.7 Å². The Morgan fingerprint density at radius 2 is 2.46 bits per heavy atom. The Morgan fingerprint density at radius 1 is 1.69 bits per heavy atom. The molecular weight excluding hydrogens is 186 g/mol. The van der Waals surface area contributed by atoms with Gasteiger partial charge < -0.3 is 10.4 Å². The van der Waals surface area contributed by atoms with E-state index >= 15 is 0 Å². The van der Waals surface area contributed by atoms with Crippen LogP contribution in [0, 0.1) is 0 Å². The van der Waals surface area contributed by atoms with Crippen LogP contribution in [0.25, 0.3) is 0 Å². The lowest BCUT2D eigenvalue weighted by Crippen LogP contribution is -2.37. The van der Waals surface area contributed by atoms with E-state index in [1.54, 1.807) is 18.7 Å². The van der Waals surface area contributed by atoms with Crippen LogP contribution < -0.4 is 5.32 Å². The van der Waals surface area contributed by atoms with Crippen LogP contribution in [0.2, 0.25) is 0 Å². The number of hydrogen-bond donors (Lipinski definition) is 2. The van der Waals surface area contributed by atoms with E-state index in [9.17, 15) is 4.79 Å². The second-order valence-electron chi connectivity index (χ2n) is 3.45. The summed E-state index contributed by atoms with van der Waals surface area (Å²) in [5.74, 6) is 1.18. The minimum Gasteiger partial charge on any atom is -0.392 e. The zero-order valence-corrected chi connectivity index (χ0v) is 8.77. The molecule has 76 valence electrons. The third-order valence-corrected chi connectivity index (χ3v) is 3.42. The lowest BCUT2D eigenvalue weighted by atomic mass is 10.2. The fourth-order valence-electron chi connectivity index (χ4n) is 1.31. The average molecular weight is 203 g/mol. The summed E-state index contributed by atoms with van der Waals surface area (Å²) in [6.45, 7) is 2.05. The standard InChI is InChI=1S/C9H17NO2S/c1-7(11)6-10-9(12)8-4-2-3-5-13-8/h7-8,11H,2-6H2,1H3,(H,10,12)/t7-,8?/m1/s1. The van der Waals surface area contributed by atoms with Crippen molar-refractivity contribution in [2.75, 3.05) is 12.3 Å². The van der Waals surface area contributed by atoms with Gasteiger partial charge in [0.2, 0.25) is 5.91 Å². The number of carbonyl (C=O) groups excluding carboxylic acids is 1. The zero-order valence-electron chi connectivity index (χ0n) is 7.95. The van der Waals surface area contributed by atoms with Crippen LogP contribution in [0.15, 0.2) is 0 Å². The van der Waals surface area contributed by atoms with Crippen molar-refractivity contribution < 1.29 is 9.90 Å². The van der Waals surface area contributed by atoms with Gasteiger partial charge >= 0.3 is 0 Å². The molecule has 0 saturated carbocycles. The molecule has 1 fully saturated rings. The number of aliphatic hydroxyl groups excluding tert-OH is 1. The second-order valence-corrected chi connectivity index (χ2v) is 4.76. The topological polar surface area (TPSA) is 49.3 Å². The SMILES string of the molecule is C[C@@H](O)CNC(=O)C1CCCCS1. The predicted octanol–water partition coefficient (Wildman–Crippen LogP) is 0.769. The van der Waals surface area contributed by atoms with E-state index in [0.717, 1.165) is 18.6 Å². The Balaban J connectivity index is 2.21. The molecule has 1 aliphatic heterocycles. The summed E-state index contributed by atoms with van der Waals surface area (Å²) in [4.78, 5) is 11.5. The molecule has 3 nitrogen and oxygen atoms in total. The Kier molecular flexibility index (Phi) is 4.59. The molecule has 1 saturated heterocycles. The van der Waals surface area contributed by atoms with E-state index in [0.29, 0.717) is 6.54 Å². The molecule has 1 amide bonds. The van der Waals surface area contributed by atoms with Crippen LogP contribution in [0.5, 0.6) is 0 Å². The van der Waals surface area contributed by atoms with Gasteiger partial charge in [-0.3, -0.25) is 4.79 Å². The molecule has 1 aliphatic rings. The maximum absolute atomic E-state index is 11.5. The zero-order chi connectivity index (χ0) is 9.68. The fourth-order valence-corrected chi connectivity index (χ4v) is 2.53.